The molecule has 2 rings (SSSR count). The summed E-state index contributed by atoms with van der Waals surface area (Å²) in [6.07, 6.45) is 5.01. The fourth-order valence-corrected chi connectivity index (χ4v) is 2.10. The third-order valence-corrected chi connectivity index (χ3v) is 3.14. The van der Waals surface area contributed by atoms with E-state index in [0.717, 1.165) is 5.56 Å². The van der Waals surface area contributed by atoms with Crippen molar-refractivity contribution in [2.75, 3.05) is 13.2 Å². The molecule has 0 saturated heterocycles. The summed E-state index contributed by atoms with van der Waals surface area (Å²) >= 11 is 0. The molecule has 1 aromatic heterocycles. The molecule has 0 saturated carbocycles. The van der Waals surface area contributed by atoms with Crippen molar-refractivity contribution >= 4 is 24.1 Å². The van der Waals surface area contributed by atoms with E-state index in [2.05, 4.69) is 4.98 Å². The molecule has 1 N–H and O–H groups in total. The Morgan fingerprint density at radius 1 is 1.00 bits per heavy atom. The lowest BCUT2D eigenvalue weighted by Gasteiger charge is -2.04. The van der Waals surface area contributed by atoms with Crippen molar-refractivity contribution in [2.45, 2.75) is 13.8 Å². The molecule has 120 valence electrons. The molecule has 2 aromatic rings. The van der Waals surface area contributed by atoms with Gasteiger partial charge in [-0.25, -0.2) is 9.59 Å². The lowest BCUT2D eigenvalue weighted by atomic mass is 10.1. The Balaban J connectivity index is 2.39. The van der Waals surface area contributed by atoms with Gasteiger partial charge in [-0.1, -0.05) is 42.5 Å². The van der Waals surface area contributed by atoms with Crippen LogP contribution in [0.1, 0.15) is 45.8 Å². The van der Waals surface area contributed by atoms with Gasteiger partial charge in [0.05, 0.1) is 18.8 Å². The molecule has 0 unspecified atom stereocenters. The quantitative estimate of drug-likeness (QED) is 0.828. The van der Waals surface area contributed by atoms with E-state index in [1.807, 2.05) is 36.4 Å². The molecule has 5 heteroatoms. The van der Waals surface area contributed by atoms with Gasteiger partial charge in [0.15, 0.2) is 0 Å². The molecule has 0 amide bonds. The molecule has 1 aromatic carbocycles. The van der Waals surface area contributed by atoms with Crippen molar-refractivity contribution in [3.05, 3.63) is 58.9 Å². The second-order valence-corrected chi connectivity index (χ2v) is 4.68. The number of ether oxygens (including phenoxy) is 2. The maximum absolute atomic E-state index is 12.0. The predicted octanol–water partition coefficient (Wildman–Crippen LogP) is 3.54. The minimum atomic E-state index is -0.504. The number of aromatic nitrogens is 1. The van der Waals surface area contributed by atoms with Crippen LogP contribution in [0.15, 0.2) is 36.5 Å². The van der Waals surface area contributed by atoms with E-state index in [1.165, 1.54) is 6.20 Å². The molecule has 0 spiro atoms. The van der Waals surface area contributed by atoms with Crippen LogP contribution >= 0.6 is 0 Å². The van der Waals surface area contributed by atoms with E-state index in [0.29, 0.717) is 11.1 Å². The first kappa shape index (κ1) is 16.5. The van der Waals surface area contributed by atoms with E-state index >= 15 is 0 Å². The Kier molecular flexibility index (Phi) is 5.74. The molecular formula is C18H19NO4. The first-order valence-electron chi connectivity index (χ1n) is 7.46. The number of nitrogens with one attached hydrogen (secondary N) is 1. The summed E-state index contributed by atoms with van der Waals surface area (Å²) in [6, 6.07) is 9.60. The summed E-state index contributed by atoms with van der Waals surface area (Å²) in [4.78, 5) is 26.9. The monoisotopic (exact) mass is 313 g/mol. The molecule has 0 fully saturated rings. The minimum absolute atomic E-state index is 0.238. The van der Waals surface area contributed by atoms with Gasteiger partial charge < -0.3 is 14.5 Å². The highest BCUT2D eigenvalue weighted by atomic mass is 16.5. The summed E-state index contributed by atoms with van der Waals surface area (Å²) < 4.78 is 10.0. The number of esters is 2. The maximum Gasteiger partial charge on any atom is 0.355 e. The number of hydrogen-bond donors (Lipinski definition) is 1. The van der Waals surface area contributed by atoms with Crippen LogP contribution in [-0.2, 0) is 9.47 Å². The molecule has 23 heavy (non-hydrogen) atoms. The predicted molar refractivity (Wildman–Crippen MR) is 88.1 cm³/mol. The molecule has 5 nitrogen and oxygen atoms in total. The van der Waals surface area contributed by atoms with Crippen LogP contribution in [0.4, 0.5) is 0 Å². The highest BCUT2D eigenvalue weighted by Crippen LogP contribution is 2.20. The SMILES string of the molecule is CCOC(=O)c1c[nH]c(C(=O)OCC)c1/C=C\c1ccccc1. The molecule has 1 heterocycles. The first-order chi connectivity index (χ1) is 11.2. The molecule has 0 bridgehead atoms. The molecule has 0 atom stereocenters. The average molecular weight is 313 g/mol. The highest BCUT2D eigenvalue weighted by molar-refractivity contribution is 6.02. The van der Waals surface area contributed by atoms with Gasteiger partial charge >= 0.3 is 11.9 Å². The fraction of sp³-hybridized carbons (Fsp3) is 0.222. The van der Waals surface area contributed by atoms with E-state index in [9.17, 15) is 9.59 Å². The molecule has 0 radical (unpaired) electrons. The molecule has 0 aliphatic carbocycles. The molecular weight excluding hydrogens is 294 g/mol. The van der Waals surface area contributed by atoms with Crippen molar-refractivity contribution in [3.8, 4) is 0 Å². The van der Waals surface area contributed by atoms with Gasteiger partial charge in [0.25, 0.3) is 0 Å². The normalized spacial score (nSPS) is 10.7. The molecule has 0 aliphatic heterocycles. The number of hydrogen-bond acceptors (Lipinski definition) is 4. The highest BCUT2D eigenvalue weighted by Gasteiger charge is 2.21. The van der Waals surface area contributed by atoms with Gasteiger partial charge in [0, 0.05) is 11.8 Å². The van der Waals surface area contributed by atoms with Gasteiger partial charge in [-0.3, -0.25) is 0 Å². The van der Waals surface area contributed by atoms with E-state index in [4.69, 9.17) is 9.47 Å². The van der Waals surface area contributed by atoms with E-state index < -0.39 is 11.9 Å². The summed E-state index contributed by atoms with van der Waals surface area (Å²) in [5.41, 5.74) is 1.97. The topological polar surface area (TPSA) is 68.4 Å². The number of H-pyrrole nitrogens is 1. The third kappa shape index (κ3) is 4.10. The Morgan fingerprint density at radius 3 is 2.30 bits per heavy atom. The van der Waals surface area contributed by atoms with Crippen molar-refractivity contribution < 1.29 is 19.1 Å². The van der Waals surface area contributed by atoms with Gasteiger partial charge in [-0.15, -0.1) is 0 Å². The zero-order chi connectivity index (χ0) is 16.7. The third-order valence-electron chi connectivity index (χ3n) is 3.14. The maximum atomic E-state index is 12.0. The van der Waals surface area contributed by atoms with Gasteiger partial charge in [0.2, 0.25) is 0 Å². The Bertz CT molecular complexity index is 666. The Labute approximate surface area is 134 Å². The zero-order valence-corrected chi connectivity index (χ0v) is 13.2. The Morgan fingerprint density at radius 2 is 1.65 bits per heavy atom. The van der Waals surface area contributed by atoms with Crippen molar-refractivity contribution in [1.82, 2.24) is 4.98 Å². The van der Waals surface area contributed by atoms with Crippen LogP contribution in [0, 0.1) is 0 Å². The van der Waals surface area contributed by atoms with Crippen molar-refractivity contribution in [3.63, 3.8) is 0 Å². The standard InChI is InChI=1S/C18H19NO4/c1-3-22-17(20)15-12-19-16(18(21)23-4-2)14(15)11-10-13-8-6-5-7-9-13/h5-12,19H,3-4H2,1-2H3/b11-10-. The Hall–Kier alpha value is -2.82. The van der Waals surface area contributed by atoms with E-state index in [-0.39, 0.29) is 18.9 Å². The number of carbonyl (C=O) groups is 2. The van der Waals surface area contributed by atoms with Gasteiger partial charge in [-0.2, -0.15) is 0 Å². The number of benzene rings is 1. The van der Waals surface area contributed by atoms with Crippen molar-refractivity contribution in [1.29, 1.82) is 0 Å². The van der Waals surface area contributed by atoms with Crippen LogP contribution in [0.5, 0.6) is 0 Å². The summed E-state index contributed by atoms with van der Waals surface area (Å²) in [6.45, 7) is 3.98. The van der Waals surface area contributed by atoms with Crippen LogP contribution < -0.4 is 0 Å². The lowest BCUT2D eigenvalue weighted by Crippen LogP contribution is -2.09. The number of aromatic amines is 1. The van der Waals surface area contributed by atoms with Crippen LogP contribution in [0.2, 0.25) is 0 Å². The van der Waals surface area contributed by atoms with Gasteiger partial charge in [0.1, 0.15) is 5.69 Å². The zero-order valence-electron chi connectivity index (χ0n) is 13.2. The largest absolute Gasteiger partial charge is 0.462 e. The fourth-order valence-electron chi connectivity index (χ4n) is 2.10. The van der Waals surface area contributed by atoms with Crippen LogP contribution in [0.3, 0.4) is 0 Å². The molecule has 0 aliphatic rings. The van der Waals surface area contributed by atoms with Crippen LogP contribution in [0.25, 0.3) is 12.2 Å². The number of rotatable bonds is 6. The second kappa shape index (κ2) is 7.98. The van der Waals surface area contributed by atoms with Gasteiger partial charge in [-0.05, 0) is 19.4 Å². The lowest BCUT2D eigenvalue weighted by molar-refractivity contribution is 0.0518. The average Bonchev–Trinajstić information content (AvgIpc) is 2.98. The summed E-state index contributed by atoms with van der Waals surface area (Å²) in [5, 5.41) is 0. The minimum Gasteiger partial charge on any atom is -0.462 e. The summed E-state index contributed by atoms with van der Waals surface area (Å²) in [7, 11) is 0. The van der Waals surface area contributed by atoms with Crippen LogP contribution in [-0.4, -0.2) is 30.1 Å². The smallest absolute Gasteiger partial charge is 0.355 e. The van der Waals surface area contributed by atoms with E-state index in [1.54, 1.807) is 19.9 Å². The number of carbonyl (C=O) groups excluding carboxylic acids is 2. The first-order valence-corrected chi connectivity index (χ1v) is 7.46. The van der Waals surface area contributed by atoms with Crippen molar-refractivity contribution in [2.24, 2.45) is 0 Å². The second-order valence-electron chi connectivity index (χ2n) is 4.68. The summed E-state index contributed by atoms with van der Waals surface area (Å²) in [5.74, 6) is -0.984.